The molecule has 0 N–H and O–H groups in total. The molecule has 1 fully saturated rings. The van der Waals surface area contributed by atoms with E-state index in [1.807, 2.05) is 4.57 Å². The van der Waals surface area contributed by atoms with Gasteiger partial charge in [0.1, 0.15) is 0 Å². The first-order valence-corrected chi connectivity index (χ1v) is 9.99. The van der Waals surface area contributed by atoms with Crippen molar-refractivity contribution in [3.8, 4) is 0 Å². The molecule has 9 nitrogen and oxygen atoms in total. The molecule has 1 aromatic heterocycles. The molecule has 3 rings (SSSR count). The molecule has 10 heteroatoms. The molecule has 0 radical (unpaired) electrons. The Morgan fingerprint density at radius 1 is 1.17 bits per heavy atom. The van der Waals surface area contributed by atoms with Crippen molar-refractivity contribution in [1.82, 2.24) is 28.9 Å². The van der Waals surface area contributed by atoms with Crippen LogP contribution in [0.2, 0.25) is 0 Å². The van der Waals surface area contributed by atoms with Crippen molar-refractivity contribution in [2.75, 3.05) is 33.4 Å². The lowest BCUT2D eigenvalue weighted by atomic mass is 10.0. The Morgan fingerprint density at radius 3 is 2.58 bits per heavy atom. The number of carbonyl (C=O) groups excluding carboxylic acids is 1. The topological polar surface area (TPSA) is 91.6 Å². The lowest BCUT2D eigenvalue weighted by Crippen LogP contribution is -2.44. The van der Waals surface area contributed by atoms with Gasteiger partial charge in [-0.25, -0.2) is 13.2 Å². The lowest BCUT2D eigenvalue weighted by Gasteiger charge is -2.35. The van der Waals surface area contributed by atoms with E-state index in [-0.39, 0.29) is 12.1 Å². The summed E-state index contributed by atoms with van der Waals surface area (Å²) in [6.07, 6.45) is 3.85. The van der Waals surface area contributed by atoms with Gasteiger partial charge in [-0.3, -0.25) is 0 Å². The molecule has 2 aliphatic heterocycles. The summed E-state index contributed by atoms with van der Waals surface area (Å²) in [4.78, 5) is 15.4. The summed E-state index contributed by atoms with van der Waals surface area (Å²) in [7, 11) is 0.161. The average molecular weight is 356 g/mol. The predicted molar refractivity (Wildman–Crippen MR) is 87.7 cm³/mol. The molecule has 24 heavy (non-hydrogen) atoms. The second-order valence-corrected chi connectivity index (χ2v) is 8.54. The van der Waals surface area contributed by atoms with Crippen LogP contribution in [0.15, 0.2) is 0 Å². The minimum Gasteiger partial charge on any atom is -0.331 e. The summed E-state index contributed by atoms with van der Waals surface area (Å²) in [6.45, 7) is 2.08. The Labute approximate surface area is 142 Å². The maximum atomic E-state index is 12.1. The highest BCUT2D eigenvalue weighted by Crippen LogP contribution is 2.32. The number of hydrogen-bond donors (Lipinski definition) is 0. The van der Waals surface area contributed by atoms with Gasteiger partial charge in [-0.1, -0.05) is 6.42 Å². The maximum Gasteiger partial charge on any atom is 0.319 e. The molecule has 1 aromatic rings. The summed E-state index contributed by atoms with van der Waals surface area (Å²) < 4.78 is 27.7. The third-order valence-corrected chi connectivity index (χ3v) is 5.90. The van der Waals surface area contributed by atoms with Crippen LogP contribution >= 0.6 is 0 Å². The second kappa shape index (κ2) is 6.32. The van der Waals surface area contributed by atoms with E-state index in [1.165, 1.54) is 10.6 Å². The van der Waals surface area contributed by atoms with Gasteiger partial charge in [-0.15, -0.1) is 10.2 Å². The van der Waals surface area contributed by atoms with Crippen LogP contribution in [0, 0.1) is 0 Å². The van der Waals surface area contributed by atoms with Crippen LogP contribution in [0.4, 0.5) is 4.79 Å². The fraction of sp³-hybridized carbons (Fsp3) is 0.786. The predicted octanol–water partition coefficient (Wildman–Crippen LogP) is 0.262. The van der Waals surface area contributed by atoms with Gasteiger partial charge in [0.05, 0.1) is 18.8 Å². The van der Waals surface area contributed by atoms with E-state index in [0.29, 0.717) is 37.8 Å². The summed E-state index contributed by atoms with van der Waals surface area (Å²) >= 11 is 0. The highest BCUT2D eigenvalue weighted by Gasteiger charge is 2.36. The normalized spacial score (nSPS) is 22.3. The fourth-order valence-electron chi connectivity index (χ4n) is 3.43. The number of rotatable bonds is 2. The minimum absolute atomic E-state index is 0.0544. The third kappa shape index (κ3) is 3.12. The Balaban J connectivity index is 1.86. The molecule has 2 amide bonds. The average Bonchev–Trinajstić information content (AvgIpc) is 2.96. The van der Waals surface area contributed by atoms with E-state index in [9.17, 15) is 13.2 Å². The maximum absolute atomic E-state index is 12.1. The number of piperidine rings is 1. The van der Waals surface area contributed by atoms with Gasteiger partial charge >= 0.3 is 6.03 Å². The van der Waals surface area contributed by atoms with Gasteiger partial charge < -0.3 is 14.4 Å². The molecule has 0 saturated carbocycles. The van der Waals surface area contributed by atoms with Crippen molar-refractivity contribution in [3.63, 3.8) is 0 Å². The number of nitrogens with zero attached hydrogens (tertiary/aromatic N) is 6. The van der Waals surface area contributed by atoms with Crippen LogP contribution in [-0.2, 0) is 23.1 Å². The molecule has 1 saturated heterocycles. The molecular weight excluding hydrogens is 332 g/mol. The molecule has 1 atom stereocenters. The van der Waals surface area contributed by atoms with E-state index >= 15 is 0 Å². The zero-order valence-electron chi connectivity index (χ0n) is 14.3. The third-order valence-electron chi connectivity index (χ3n) is 4.61. The fourth-order valence-corrected chi connectivity index (χ4v) is 4.56. The van der Waals surface area contributed by atoms with E-state index < -0.39 is 10.0 Å². The smallest absolute Gasteiger partial charge is 0.319 e. The molecule has 134 valence electrons. The van der Waals surface area contributed by atoms with Crippen molar-refractivity contribution >= 4 is 16.1 Å². The van der Waals surface area contributed by atoms with Crippen LogP contribution < -0.4 is 0 Å². The van der Waals surface area contributed by atoms with Gasteiger partial charge in [-0.2, -0.15) is 4.31 Å². The summed E-state index contributed by atoms with van der Waals surface area (Å²) in [5.41, 5.74) is 0. The van der Waals surface area contributed by atoms with E-state index in [1.54, 1.807) is 23.9 Å². The van der Waals surface area contributed by atoms with Crippen LogP contribution in [0.25, 0.3) is 0 Å². The van der Waals surface area contributed by atoms with Gasteiger partial charge in [-0.05, 0) is 12.8 Å². The van der Waals surface area contributed by atoms with Crippen molar-refractivity contribution in [2.24, 2.45) is 0 Å². The lowest BCUT2D eigenvalue weighted by molar-refractivity contribution is 0.154. The molecule has 0 bridgehead atoms. The summed E-state index contributed by atoms with van der Waals surface area (Å²) in [5, 5.41) is 8.50. The monoisotopic (exact) mass is 356 g/mol. The quantitative estimate of drug-likeness (QED) is 0.758. The SMILES string of the molecule is CN(C)C(=O)N1CCn2c(nnc2C2CCCCN2S(C)(=O)=O)C1. The number of aromatic nitrogens is 3. The summed E-state index contributed by atoms with van der Waals surface area (Å²) in [6, 6.07) is -0.313. The molecule has 2 aliphatic rings. The summed E-state index contributed by atoms with van der Waals surface area (Å²) in [5.74, 6) is 1.41. The Kier molecular flexibility index (Phi) is 4.52. The first-order chi connectivity index (χ1) is 11.3. The van der Waals surface area contributed by atoms with Gasteiger partial charge in [0.15, 0.2) is 11.6 Å². The van der Waals surface area contributed by atoms with Crippen LogP contribution in [-0.4, -0.2) is 76.8 Å². The first kappa shape index (κ1) is 17.2. The van der Waals surface area contributed by atoms with E-state index in [2.05, 4.69) is 10.2 Å². The van der Waals surface area contributed by atoms with Crippen LogP contribution in [0.3, 0.4) is 0 Å². The molecule has 0 aromatic carbocycles. The zero-order valence-corrected chi connectivity index (χ0v) is 15.2. The van der Waals surface area contributed by atoms with Gasteiger partial charge in [0.25, 0.3) is 0 Å². The standard InChI is InChI=1S/C14H24N6O3S/c1-17(2)14(21)18-8-9-19-12(10-18)15-16-13(19)11-6-4-5-7-20(11)24(3,22)23/h11H,4-10H2,1-3H3. The number of sulfonamides is 1. The van der Waals surface area contributed by atoms with E-state index in [0.717, 1.165) is 19.3 Å². The van der Waals surface area contributed by atoms with Crippen LogP contribution in [0.5, 0.6) is 0 Å². The molecule has 1 unspecified atom stereocenters. The molecular formula is C14H24N6O3S. The largest absolute Gasteiger partial charge is 0.331 e. The first-order valence-electron chi connectivity index (χ1n) is 8.14. The van der Waals surface area contributed by atoms with Crippen molar-refractivity contribution < 1.29 is 13.2 Å². The number of urea groups is 1. The molecule has 3 heterocycles. The minimum atomic E-state index is -3.28. The van der Waals surface area contributed by atoms with Crippen LogP contribution in [0.1, 0.15) is 37.0 Å². The number of fused-ring (bicyclic) bond motifs is 1. The Bertz CT molecular complexity index is 729. The van der Waals surface area contributed by atoms with Crippen molar-refractivity contribution in [2.45, 2.75) is 38.4 Å². The molecule has 0 spiro atoms. The van der Waals surface area contributed by atoms with Crippen molar-refractivity contribution in [1.29, 1.82) is 0 Å². The second-order valence-electron chi connectivity index (χ2n) is 6.61. The molecule has 0 aliphatic carbocycles. The number of amides is 2. The zero-order chi connectivity index (χ0) is 17.5. The number of hydrogen-bond acceptors (Lipinski definition) is 5. The highest BCUT2D eigenvalue weighted by molar-refractivity contribution is 7.88. The van der Waals surface area contributed by atoms with Crippen molar-refractivity contribution in [3.05, 3.63) is 11.6 Å². The Morgan fingerprint density at radius 2 is 1.92 bits per heavy atom. The highest BCUT2D eigenvalue weighted by atomic mass is 32.2. The van der Waals surface area contributed by atoms with Gasteiger partial charge in [0, 0.05) is 33.7 Å². The van der Waals surface area contributed by atoms with E-state index in [4.69, 9.17) is 0 Å². The Hall–Kier alpha value is -1.68. The van der Waals surface area contributed by atoms with Gasteiger partial charge in [0.2, 0.25) is 10.0 Å². The number of carbonyl (C=O) groups is 1.